The molecule has 0 spiro atoms. The molecule has 5 heteroatoms. The van der Waals surface area contributed by atoms with Crippen LogP contribution in [0.15, 0.2) is 23.6 Å². The van der Waals surface area contributed by atoms with E-state index >= 15 is 0 Å². The molecule has 0 saturated heterocycles. The number of benzene rings is 1. The van der Waals surface area contributed by atoms with E-state index in [0.717, 1.165) is 21.4 Å². The lowest BCUT2D eigenvalue weighted by atomic mass is 10.1. The van der Waals surface area contributed by atoms with Crippen LogP contribution >= 0.6 is 11.3 Å². The summed E-state index contributed by atoms with van der Waals surface area (Å²) in [5, 5.41) is 3.08. The van der Waals surface area contributed by atoms with Crippen molar-refractivity contribution in [3.63, 3.8) is 0 Å². The number of methoxy groups -OCH3 is 1. The molecule has 1 aromatic heterocycles. The first-order valence-electron chi connectivity index (χ1n) is 6.39. The summed E-state index contributed by atoms with van der Waals surface area (Å²) in [5.74, 6) is 0.542. The van der Waals surface area contributed by atoms with Gasteiger partial charge < -0.3 is 14.4 Å². The fourth-order valence-corrected chi connectivity index (χ4v) is 3.23. The molecule has 0 amide bonds. The highest BCUT2D eigenvalue weighted by molar-refractivity contribution is 7.17. The van der Waals surface area contributed by atoms with E-state index in [1.165, 1.54) is 6.92 Å². The summed E-state index contributed by atoms with van der Waals surface area (Å²) in [6, 6.07) is 5.94. The van der Waals surface area contributed by atoms with Crippen LogP contribution in [0.4, 0.5) is 0 Å². The molecular formula is C15H19NO3S. The van der Waals surface area contributed by atoms with Gasteiger partial charge in [-0.2, -0.15) is 0 Å². The number of hydrogen-bond acceptors (Lipinski definition) is 5. The van der Waals surface area contributed by atoms with Gasteiger partial charge in [-0.05, 0) is 31.6 Å². The van der Waals surface area contributed by atoms with Crippen LogP contribution in [0, 0.1) is 0 Å². The minimum Gasteiger partial charge on any atom is -0.496 e. The second-order valence-electron chi connectivity index (χ2n) is 4.88. The maximum atomic E-state index is 11.4. The first-order chi connectivity index (χ1) is 9.52. The molecule has 108 valence electrons. The van der Waals surface area contributed by atoms with E-state index in [-0.39, 0.29) is 12.1 Å². The van der Waals surface area contributed by atoms with Crippen molar-refractivity contribution in [1.82, 2.24) is 4.90 Å². The number of likely N-dealkylation sites (N-methyl/N-ethyl adjacent to an activating group) is 1. The minimum atomic E-state index is -0.285. The highest BCUT2D eigenvalue weighted by Crippen LogP contribution is 2.38. The molecule has 0 saturated carbocycles. The first kappa shape index (κ1) is 14.8. The lowest BCUT2D eigenvalue weighted by Crippen LogP contribution is -2.23. The Morgan fingerprint density at radius 1 is 1.40 bits per heavy atom. The highest BCUT2D eigenvalue weighted by atomic mass is 32.1. The number of nitrogens with zero attached hydrogens (tertiary/aromatic N) is 1. The number of ether oxygens (including phenoxy) is 2. The van der Waals surface area contributed by atoms with Crippen molar-refractivity contribution in [1.29, 1.82) is 0 Å². The summed E-state index contributed by atoms with van der Waals surface area (Å²) in [6.45, 7) is 2.08. The second-order valence-corrected chi connectivity index (χ2v) is 5.80. The molecule has 0 aliphatic carbocycles. The van der Waals surface area contributed by atoms with E-state index < -0.39 is 0 Å². The maximum absolute atomic E-state index is 11.4. The summed E-state index contributed by atoms with van der Waals surface area (Å²) in [5.41, 5.74) is 1.01. The average molecular weight is 293 g/mol. The molecule has 1 unspecified atom stereocenters. The molecule has 0 radical (unpaired) electrons. The van der Waals surface area contributed by atoms with E-state index in [4.69, 9.17) is 9.47 Å². The molecule has 0 fully saturated rings. The van der Waals surface area contributed by atoms with Crippen molar-refractivity contribution in [2.24, 2.45) is 0 Å². The average Bonchev–Trinajstić information content (AvgIpc) is 2.80. The van der Waals surface area contributed by atoms with Gasteiger partial charge in [0.25, 0.3) is 0 Å². The quantitative estimate of drug-likeness (QED) is 0.794. The Morgan fingerprint density at radius 2 is 2.15 bits per heavy atom. The van der Waals surface area contributed by atoms with Gasteiger partial charge >= 0.3 is 5.97 Å². The Morgan fingerprint density at radius 3 is 2.75 bits per heavy atom. The van der Waals surface area contributed by atoms with Gasteiger partial charge in [-0.1, -0.05) is 6.07 Å². The van der Waals surface area contributed by atoms with E-state index in [1.807, 2.05) is 42.6 Å². The zero-order valence-electron chi connectivity index (χ0n) is 12.2. The number of thiophene rings is 1. The summed E-state index contributed by atoms with van der Waals surface area (Å²) < 4.78 is 12.1. The summed E-state index contributed by atoms with van der Waals surface area (Å²) in [7, 11) is 5.58. The number of hydrogen-bond donors (Lipinski definition) is 0. The fourth-order valence-electron chi connectivity index (χ4n) is 2.22. The molecule has 0 aliphatic heterocycles. The van der Waals surface area contributed by atoms with E-state index in [9.17, 15) is 4.79 Å². The Labute approximate surface area is 122 Å². The van der Waals surface area contributed by atoms with Gasteiger partial charge in [-0.25, -0.2) is 0 Å². The number of carbonyl (C=O) groups is 1. The molecule has 0 bridgehead atoms. The number of esters is 1. The molecule has 4 nitrogen and oxygen atoms in total. The van der Waals surface area contributed by atoms with Crippen molar-refractivity contribution >= 4 is 27.4 Å². The second kappa shape index (κ2) is 6.24. The van der Waals surface area contributed by atoms with Crippen LogP contribution in [0.2, 0.25) is 0 Å². The molecule has 20 heavy (non-hydrogen) atoms. The van der Waals surface area contributed by atoms with Gasteiger partial charge in [0.05, 0.1) is 7.11 Å². The van der Waals surface area contributed by atoms with Crippen LogP contribution in [-0.4, -0.2) is 38.6 Å². The molecule has 1 heterocycles. The third kappa shape index (κ3) is 3.11. The van der Waals surface area contributed by atoms with Crippen LogP contribution in [-0.2, 0) is 9.53 Å². The Balaban J connectivity index is 2.49. The molecular weight excluding hydrogens is 274 g/mol. The molecule has 0 aliphatic rings. The van der Waals surface area contributed by atoms with Gasteiger partial charge in [-0.3, -0.25) is 4.79 Å². The van der Waals surface area contributed by atoms with Crippen LogP contribution in [0.3, 0.4) is 0 Å². The van der Waals surface area contributed by atoms with E-state index in [1.54, 1.807) is 18.4 Å². The Bertz CT molecular complexity index is 606. The fraction of sp³-hybridized carbons (Fsp3) is 0.400. The Kier molecular flexibility index (Phi) is 4.62. The van der Waals surface area contributed by atoms with Crippen molar-refractivity contribution in [3.05, 3.63) is 29.1 Å². The van der Waals surface area contributed by atoms with Crippen molar-refractivity contribution in [2.45, 2.75) is 13.0 Å². The van der Waals surface area contributed by atoms with Crippen LogP contribution < -0.4 is 4.74 Å². The van der Waals surface area contributed by atoms with E-state index in [2.05, 4.69) is 0 Å². The number of fused-ring (bicyclic) bond motifs is 1. The van der Waals surface area contributed by atoms with Gasteiger partial charge in [-0.15, -0.1) is 11.3 Å². The minimum absolute atomic E-state index is 0.272. The summed E-state index contributed by atoms with van der Waals surface area (Å²) in [6.07, 6.45) is -0.285. The highest BCUT2D eigenvalue weighted by Gasteiger charge is 2.21. The standard InChI is InChI=1S/C15H19NO3S/c1-10(17)19-13(8-16(2)3)11-9-20-14-7-5-6-12(18-4)15(11)14/h5-7,9,13H,8H2,1-4H3. The normalized spacial score (nSPS) is 12.7. The maximum Gasteiger partial charge on any atom is 0.303 e. The van der Waals surface area contributed by atoms with Gasteiger partial charge in [0.15, 0.2) is 0 Å². The predicted octanol–water partition coefficient (Wildman–Crippen LogP) is 3.08. The molecule has 2 aromatic rings. The third-order valence-corrected chi connectivity index (χ3v) is 3.96. The Hall–Kier alpha value is -1.59. The van der Waals surface area contributed by atoms with Crippen LogP contribution in [0.1, 0.15) is 18.6 Å². The first-order valence-corrected chi connectivity index (χ1v) is 7.27. The molecule has 2 rings (SSSR count). The van der Waals surface area contributed by atoms with Crippen LogP contribution in [0.25, 0.3) is 10.1 Å². The van der Waals surface area contributed by atoms with Crippen molar-refractivity contribution in [2.75, 3.05) is 27.7 Å². The smallest absolute Gasteiger partial charge is 0.303 e. The number of rotatable bonds is 5. The molecule has 1 aromatic carbocycles. The van der Waals surface area contributed by atoms with Gasteiger partial charge in [0.2, 0.25) is 0 Å². The SMILES string of the molecule is COc1cccc2scc(C(CN(C)C)OC(C)=O)c12. The largest absolute Gasteiger partial charge is 0.496 e. The van der Waals surface area contributed by atoms with Crippen molar-refractivity contribution in [3.8, 4) is 5.75 Å². The monoisotopic (exact) mass is 293 g/mol. The van der Waals surface area contributed by atoms with Gasteiger partial charge in [0.1, 0.15) is 11.9 Å². The van der Waals surface area contributed by atoms with E-state index in [0.29, 0.717) is 6.54 Å². The van der Waals surface area contributed by atoms with Crippen LogP contribution in [0.5, 0.6) is 5.75 Å². The van der Waals surface area contributed by atoms with Crippen molar-refractivity contribution < 1.29 is 14.3 Å². The lowest BCUT2D eigenvalue weighted by molar-refractivity contribution is -0.147. The lowest BCUT2D eigenvalue weighted by Gasteiger charge is -2.21. The zero-order chi connectivity index (χ0) is 14.7. The third-order valence-electron chi connectivity index (χ3n) is 3.00. The molecule has 1 atom stereocenters. The summed E-state index contributed by atoms with van der Waals surface area (Å²) in [4.78, 5) is 13.4. The molecule has 0 N–H and O–H groups in total. The number of carbonyl (C=O) groups excluding carboxylic acids is 1. The zero-order valence-corrected chi connectivity index (χ0v) is 13.0. The summed E-state index contributed by atoms with van der Waals surface area (Å²) >= 11 is 1.64. The topological polar surface area (TPSA) is 38.8 Å². The van der Waals surface area contributed by atoms with Gasteiger partial charge in [0, 0.05) is 29.1 Å². The predicted molar refractivity (Wildman–Crippen MR) is 81.4 cm³/mol.